The number of rotatable bonds is 7. The van der Waals surface area contributed by atoms with E-state index in [1.807, 2.05) is 10.0 Å². The van der Waals surface area contributed by atoms with E-state index in [9.17, 15) is 10.2 Å². The van der Waals surface area contributed by atoms with Crippen molar-refractivity contribution in [3.8, 4) is 11.5 Å². The van der Waals surface area contributed by atoms with Crippen LogP contribution < -0.4 is 31.9 Å². The topological polar surface area (TPSA) is 135 Å². The maximum atomic E-state index is 10.3. The van der Waals surface area contributed by atoms with Gasteiger partial charge in [0, 0.05) is 36.3 Å². The molecule has 0 saturated heterocycles. The molecule has 4 rings (SSSR count). The van der Waals surface area contributed by atoms with Gasteiger partial charge in [-0.25, -0.2) is 0 Å². The van der Waals surface area contributed by atoms with Crippen molar-refractivity contribution in [2.24, 2.45) is 5.73 Å². The molecule has 0 spiro atoms. The third-order valence-corrected chi connectivity index (χ3v) is 6.65. The largest absolute Gasteiger partial charge is 0.504 e. The number of nitrogens with one attached hydrogen (secondary N) is 3. The van der Waals surface area contributed by atoms with Crippen molar-refractivity contribution in [2.45, 2.75) is 84.1 Å². The van der Waals surface area contributed by atoms with Crippen LogP contribution in [0.5, 0.6) is 11.5 Å². The second-order valence-electron chi connectivity index (χ2n) is 9.55. The zero-order valence-electron chi connectivity index (χ0n) is 20.1. The van der Waals surface area contributed by atoms with Crippen LogP contribution in [0.15, 0.2) is 12.1 Å². The van der Waals surface area contributed by atoms with E-state index in [2.05, 4.69) is 43.9 Å². The molecule has 1 aromatic carbocycles. The van der Waals surface area contributed by atoms with Gasteiger partial charge in [-0.15, -0.1) is 5.53 Å². The first-order chi connectivity index (χ1) is 16.2. The van der Waals surface area contributed by atoms with E-state index in [-0.39, 0.29) is 47.2 Å². The molecule has 2 unspecified atom stereocenters. The van der Waals surface area contributed by atoms with E-state index in [4.69, 9.17) is 27.3 Å². The molecule has 2 aromatic rings. The van der Waals surface area contributed by atoms with Gasteiger partial charge in [0.2, 0.25) is 5.95 Å². The Morgan fingerprint density at radius 1 is 1.09 bits per heavy atom. The summed E-state index contributed by atoms with van der Waals surface area (Å²) >= 11 is 5.91. The molecule has 2 aliphatic rings. The SMILES string of the molecule is CC(C)N1NN(C(C)C)c2c(NCc3ccc(Cl)c(O)c3O)nc(NC3CCCCC3N)nc21. The van der Waals surface area contributed by atoms with E-state index in [0.29, 0.717) is 17.3 Å². The van der Waals surface area contributed by atoms with E-state index in [0.717, 1.165) is 37.2 Å². The highest BCUT2D eigenvalue weighted by atomic mass is 35.5. The molecule has 1 aliphatic carbocycles. The number of nitrogens with two attached hydrogens (primary N) is 1. The number of nitrogens with zero attached hydrogens (tertiary/aromatic N) is 4. The van der Waals surface area contributed by atoms with Crippen LogP contribution in [-0.2, 0) is 6.54 Å². The lowest BCUT2D eigenvalue weighted by molar-refractivity contribution is 0.400. The number of phenols is 2. The summed E-state index contributed by atoms with van der Waals surface area (Å²) in [7, 11) is 0. The first-order valence-corrected chi connectivity index (χ1v) is 12.3. The van der Waals surface area contributed by atoms with Crippen molar-refractivity contribution < 1.29 is 10.2 Å². The molecule has 0 amide bonds. The number of aromatic hydroxyl groups is 2. The monoisotopic (exact) mass is 490 g/mol. The maximum absolute atomic E-state index is 10.3. The third-order valence-electron chi connectivity index (χ3n) is 6.35. The molecule has 1 aliphatic heterocycles. The van der Waals surface area contributed by atoms with Crippen molar-refractivity contribution in [1.29, 1.82) is 0 Å². The van der Waals surface area contributed by atoms with Crippen molar-refractivity contribution in [3.05, 3.63) is 22.7 Å². The average Bonchev–Trinajstić information content (AvgIpc) is 3.19. The number of halogens is 1. The highest BCUT2D eigenvalue weighted by Gasteiger charge is 2.35. The predicted octanol–water partition coefficient (Wildman–Crippen LogP) is 3.70. The molecule has 7 N–H and O–H groups in total. The Morgan fingerprint density at radius 2 is 1.79 bits per heavy atom. The molecule has 34 heavy (non-hydrogen) atoms. The first-order valence-electron chi connectivity index (χ1n) is 11.9. The molecular formula is C23H35ClN8O2. The minimum Gasteiger partial charge on any atom is -0.504 e. The second-order valence-corrected chi connectivity index (χ2v) is 9.96. The fourth-order valence-electron chi connectivity index (χ4n) is 4.39. The average molecular weight is 491 g/mol. The van der Waals surface area contributed by atoms with Gasteiger partial charge in [0.05, 0.1) is 5.02 Å². The molecule has 186 valence electrons. The summed E-state index contributed by atoms with van der Waals surface area (Å²) in [5.41, 5.74) is 11.1. The Balaban J connectivity index is 1.71. The second kappa shape index (κ2) is 9.89. The number of hydrogen-bond donors (Lipinski definition) is 6. The predicted molar refractivity (Wildman–Crippen MR) is 136 cm³/mol. The van der Waals surface area contributed by atoms with Crippen molar-refractivity contribution in [3.63, 3.8) is 0 Å². The molecule has 1 fully saturated rings. The van der Waals surface area contributed by atoms with Crippen LogP contribution in [0, 0.1) is 0 Å². The number of aromatic nitrogens is 2. The smallest absolute Gasteiger partial charge is 0.227 e. The molecule has 11 heteroatoms. The van der Waals surface area contributed by atoms with E-state index in [1.54, 1.807) is 12.1 Å². The fraction of sp³-hybridized carbons (Fsp3) is 0.565. The Morgan fingerprint density at radius 3 is 2.47 bits per heavy atom. The maximum Gasteiger partial charge on any atom is 0.227 e. The van der Waals surface area contributed by atoms with Crippen molar-refractivity contribution in [2.75, 3.05) is 20.7 Å². The van der Waals surface area contributed by atoms with Gasteiger partial charge in [0.25, 0.3) is 0 Å². The van der Waals surface area contributed by atoms with Gasteiger partial charge < -0.3 is 26.6 Å². The third kappa shape index (κ3) is 4.75. The normalized spacial score (nSPS) is 20.2. The standard InChI is InChI=1S/C23H35ClN8O2/c1-12(2)31-18-21(26-11-14-9-10-15(24)20(34)19(14)33)28-23(27-17-8-6-5-7-16(17)25)29-22(18)32(30-31)13(3)4/h9-10,12-13,16-17,30,33-34H,5-8,11,25H2,1-4H3,(H2,26,27,28,29). The van der Waals surface area contributed by atoms with Gasteiger partial charge in [-0.05, 0) is 46.6 Å². The zero-order chi connectivity index (χ0) is 24.6. The summed E-state index contributed by atoms with van der Waals surface area (Å²) < 4.78 is 0. The highest BCUT2D eigenvalue weighted by molar-refractivity contribution is 6.32. The summed E-state index contributed by atoms with van der Waals surface area (Å²) in [4.78, 5) is 9.69. The van der Waals surface area contributed by atoms with E-state index < -0.39 is 0 Å². The van der Waals surface area contributed by atoms with Crippen LogP contribution in [0.4, 0.5) is 23.3 Å². The molecule has 1 saturated carbocycles. The lowest BCUT2D eigenvalue weighted by Crippen LogP contribution is -2.50. The lowest BCUT2D eigenvalue weighted by Gasteiger charge is -2.29. The number of phenolic OH excluding ortho intramolecular Hbond substituents is 2. The molecule has 1 aromatic heterocycles. The van der Waals surface area contributed by atoms with E-state index >= 15 is 0 Å². The van der Waals surface area contributed by atoms with Crippen molar-refractivity contribution >= 4 is 34.9 Å². The fourth-order valence-corrected chi connectivity index (χ4v) is 4.54. The summed E-state index contributed by atoms with van der Waals surface area (Å²) in [6, 6.07) is 3.67. The molecule has 10 nitrogen and oxygen atoms in total. The Bertz CT molecular complexity index is 1030. The summed E-state index contributed by atoms with van der Waals surface area (Å²) in [6.45, 7) is 8.58. The van der Waals surface area contributed by atoms with Crippen LogP contribution in [-0.4, -0.2) is 44.3 Å². The molecule has 0 bridgehead atoms. The number of anilines is 4. The van der Waals surface area contributed by atoms with Crippen LogP contribution in [0.1, 0.15) is 58.9 Å². The van der Waals surface area contributed by atoms with Gasteiger partial charge in [-0.3, -0.25) is 10.0 Å². The highest BCUT2D eigenvalue weighted by Crippen LogP contribution is 2.41. The summed E-state index contributed by atoms with van der Waals surface area (Å²) in [5, 5.41) is 31.3. The van der Waals surface area contributed by atoms with Crippen molar-refractivity contribution in [1.82, 2.24) is 15.5 Å². The number of hydrazine groups is 2. The van der Waals surface area contributed by atoms with Crippen LogP contribution in [0.2, 0.25) is 5.02 Å². The Labute approximate surface area is 205 Å². The minimum absolute atomic E-state index is 0.0579. The zero-order valence-corrected chi connectivity index (χ0v) is 20.9. The molecule has 2 heterocycles. The summed E-state index contributed by atoms with van der Waals surface area (Å²) in [6.07, 6.45) is 4.23. The van der Waals surface area contributed by atoms with Gasteiger partial charge in [-0.1, -0.05) is 30.5 Å². The number of fused-ring (bicyclic) bond motifs is 1. The molecule has 2 atom stereocenters. The van der Waals surface area contributed by atoms with Gasteiger partial charge in [0.15, 0.2) is 23.1 Å². The molecule has 0 radical (unpaired) electrons. The first kappa shape index (κ1) is 24.4. The quantitative estimate of drug-likeness (QED) is 0.319. The molecular weight excluding hydrogens is 456 g/mol. The van der Waals surface area contributed by atoms with Gasteiger partial charge in [0.1, 0.15) is 5.69 Å². The Kier molecular flexibility index (Phi) is 7.11. The number of benzene rings is 1. The lowest BCUT2D eigenvalue weighted by atomic mass is 9.91. The number of hydrogen-bond acceptors (Lipinski definition) is 10. The Hall–Kier alpha value is -2.69. The summed E-state index contributed by atoms with van der Waals surface area (Å²) in [5.74, 6) is 1.29. The van der Waals surface area contributed by atoms with Crippen LogP contribution in [0.25, 0.3) is 0 Å². The van der Waals surface area contributed by atoms with Crippen LogP contribution in [0.3, 0.4) is 0 Å². The minimum atomic E-state index is -0.334. The van der Waals surface area contributed by atoms with Gasteiger partial charge in [-0.2, -0.15) is 9.97 Å². The van der Waals surface area contributed by atoms with Gasteiger partial charge >= 0.3 is 0 Å². The van der Waals surface area contributed by atoms with Crippen LogP contribution >= 0.6 is 11.6 Å². The van der Waals surface area contributed by atoms with E-state index in [1.165, 1.54) is 0 Å².